The molecule has 28 heavy (non-hydrogen) atoms. The highest BCUT2D eigenvalue weighted by molar-refractivity contribution is 5.72. The lowest BCUT2D eigenvalue weighted by Crippen LogP contribution is -2.19. The summed E-state index contributed by atoms with van der Waals surface area (Å²) in [5.74, 6) is 0.589. The lowest BCUT2D eigenvalue weighted by Gasteiger charge is -2.21. The fraction of sp³-hybridized carbons (Fsp3) is 0.368. The molecular formula is C19H21F3N2O4. The van der Waals surface area contributed by atoms with Crippen molar-refractivity contribution in [3.05, 3.63) is 58.1 Å². The van der Waals surface area contributed by atoms with Crippen LogP contribution in [0.2, 0.25) is 0 Å². The van der Waals surface area contributed by atoms with E-state index < -0.39 is 22.4 Å². The molecule has 0 amide bonds. The zero-order chi connectivity index (χ0) is 20.9. The third-order valence-electron chi connectivity index (χ3n) is 3.98. The van der Waals surface area contributed by atoms with E-state index in [9.17, 15) is 23.3 Å². The van der Waals surface area contributed by atoms with Gasteiger partial charge in [0.1, 0.15) is 17.5 Å². The van der Waals surface area contributed by atoms with Gasteiger partial charge in [0.25, 0.3) is 5.69 Å². The second-order valence-electron chi connectivity index (χ2n) is 6.10. The van der Waals surface area contributed by atoms with E-state index in [1.54, 1.807) is 31.3 Å². The predicted molar refractivity (Wildman–Crippen MR) is 99.2 cm³/mol. The van der Waals surface area contributed by atoms with Gasteiger partial charge in [-0.3, -0.25) is 10.1 Å². The van der Waals surface area contributed by atoms with E-state index in [1.807, 2.05) is 13.8 Å². The molecule has 0 bridgehead atoms. The van der Waals surface area contributed by atoms with Crippen molar-refractivity contribution in [3.8, 4) is 5.75 Å². The minimum absolute atomic E-state index is 0.0522. The van der Waals surface area contributed by atoms with E-state index in [1.165, 1.54) is 4.90 Å². The van der Waals surface area contributed by atoms with E-state index in [2.05, 4.69) is 0 Å². The fourth-order valence-corrected chi connectivity index (χ4v) is 2.57. The second kappa shape index (κ2) is 8.92. The number of ether oxygens (including phenoxy) is 2. The van der Waals surface area contributed by atoms with Gasteiger partial charge in [0.2, 0.25) is 0 Å². The monoisotopic (exact) mass is 398 g/mol. The summed E-state index contributed by atoms with van der Waals surface area (Å²) in [5.41, 5.74) is -1.07. The van der Waals surface area contributed by atoms with E-state index in [4.69, 9.17) is 9.47 Å². The highest BCUT2D eigenvalue weighted by atomic mass is 19.4. The molecule has 0 fully saturated rings. The zero-order valence-electron chi connectivity index (χ0n) is 15.7. The molecule has 0 aliphatic rings. The van der Waals surface area contributed by atoms with Crippen molar-refractivity contribution in [1.82, 2.24) is 0 Å². The van der Waals surface area contributed by atoms with Crippen LogP contribution in [0.25, 0.3) is 0 Å². The van der Waals surface area contributed by atoms with Crippen molar-refractivity contribution in [3.63, 3.8) is 0 Å². The first-order chi connectivity index (χ1) is 13.1. The number of halogens is 3. The van der Waals surface area contributed by atoms with Gasteiger partial charge in [0.15, 0.2) is 0 Å². The number of rotatable bonds is 8. The predicted octanol–water partition coefficient (Wildman–Crippen LogP) is 5.19. The van der Waals surface area contributed by atoms with Crippen LogP contribution >= 0.6 is 0 Å². The molecule has 0 aromatic heterocycles. The van der Waals surface area contributed by atoms with Crippen molar-refractivity contribution in [2.75, 3.05) is 25.2 Å². The van der Waals surface area contributed by atoms with Crippen molar-refractivity contribution < 1.29 is 27.6 Å². The Hall–Kier alpha value is -2.81. The lowest BCUT2D eigenvalue weighted by molar-refractivity contribution is -0.384. The van der Waals surface area contributed by atoms with Gasteiger partial charge in [0, 0.05) is 25.4 Å². The van der Waals surface area contributed by atoms with Crippen LogP contribution in [0, 0.1) is 10.1 Å². The van der Waals surface area contributed by atoms with Crippen LogP contribution in [0.3, 0.4) is 0 Å². The molecule has 9 heteroatoms. The normalized spacial score (nSPS) is 12.5. The number of benzene rings is 2. The summed E-state index contributed by atoms with van der Waals surface area (Å²) in [6, 6.07) is 9.17. The van der Waals surface area contributed by atoms with Crippen LogP contribution < -0.4 is 9.64 Å². The SMILES string of the molecule is CCOCC(C)Oc1ccc(N(C)c2ccc(C(F)(F)F)cc2[N+](=O)[O-])cc1. The summed E-state index contributed by atoms with van der Waals surface area (Å²) < 4.78 is 49.5. The standard InChI is InChI=1S/C19H21F3N2O4/c1-4-27-12-13(2)28-16-8-6-15(7-9-16)23(3)17-10-5-14(19(20,21)22)11-18(17)24(25)26/h5-11,13H,4,12H2,1-3H3. The largest absolute Gasteiger partial charge is 0.488 e. The van der Waals surface area contributed by atoms with Gasteiger partial charge in [-0.1, -0.05) is 0 Å². The van der Waals surface area contributed by atoms with Crippen LogP contribution in [0.15, 0.2) is 42.5 Å². The van der Waals surface area contributed by atoms with Crippen molar-refractivity contribution in [2.24, 2.45) is 0 Å². The first-order valence-corrected chi connectivity index (χ1v) is 8.57. The first-order valence-electron chi connectivity index (χ1n) is 8.57. The van der Waals surface area contributed by atoms with Gasteiger partial charge in [-0.25, -0.2) is 0 Å². The molecule has 0 saturated carbocycles. The Kier molecular flexibility index (Phi) is 6.85. The summed E-state index contributed by atoms with van der Waals surface area (Å²) in [6.45, 7) is 4.78. The van der Waals surface area contributed by atoms with Gasteiger partial charge in [-0.05, 0) is 50.2 Å². The van der Waals surface area contributed by atoms with Crippen LogP contribution in [-0.2, 0) is 10.9 Å². The molecule has 0 aliphatic carbocycles. The Labute approximate surface area is 160 Å². The van der Waals surface area contributed by atoms with Crippen LogP contribution in [0.5, 0.6) is 5.75 Å². The number of anilines is 2. The topological polar surface area (TPSA) is 64.8 Å². The quantitative estimate of drug-likeness (QED) is 0.453. The lowest BCUT2D eigenvalue weighted by atomic mass is 10.1. The van der Waals surface area contributed by atoms with E-state index >= 15 is 0 Å². The van der Waals surface area contributed by atoms with E-state index in [0.29, 0.717) is 30.7 Å². The van der Waals surface area contributed by atoms with Gasteiger partial charge in [-0.2, -0.15) is 13.2 Å². The molecule has 0 radical (unpaired) electrons. The number of hydrogen-bond donors (Lipinski definition) is 0. The Morgan fingerprint density at radius 2 is 1.82 bits per heavy atom. The minimum Gasteiger partial charge on any atom is -0.488 e. The molecule has 2 aromatic rings. The average Bonchev–Trinajstić information content (AvgIpc) is 2.65. The summed E-state index contributed by atoms with van der Waals surface area (Å²) >= 11 is 0. The third-order valence-corrected chi connectivity index (χ3v) is 3.98. The number of hydrogen-bond acceptors (Lipinski definition) is 5. The smallest absolute Gasteiger partial charge is 0.416 e. The van der Waals surface area contributed by atoms with E-state index in [-0.39, 0.29) is 11.8 Å². The van der Waals surface area contributed by atoms with Crippen LogP contribution in [0.1, 0.15) is 19.4 Å². The number of alkyl halides is 3. The van der Waals surface area contributed by atoms with Crippen LogP contribution in [-0.4, -0.2) is 31.3 Å². The minimum atomic E-state index is -4.65. The maximum Gasteiger partial charge on any atom is 0.416 e. The van der Waals surface area contributed by atoms with Gasteiger partial charge < -0.3 is 14.4 Å². The van der Waals surface area contributed by atoms with Gasteiger partial charge in [0.05, 0.1) is 17.1 Å². The van der Waals surface area contributed by atoms with E-state index in [0.717, 1.165) is 12.1 Å². The Balaban J connectivity index is 2.23. The molecule has 0 spiro atoms. The van der Waals surface area contributed by atoms with Crippen molar-refractivity contribution in [1.29, 1.82) is 0 Å². The zero-order valence-corrected chi connectivity index (χ0v) is 15.7. The van der Waals surface area contributed by atoms with Crippen molar-refractivity contribution >= 4 is 17.1 Å². The molecule has 1 atom stereocenters. The third kappa shape index (κ3) is 5.35. The Morgan fingerprint density at radius 3 is 2.36 bits per heavy atom. The molecule has 0 N–H and O–H groups in total. The molecule has 1 unspecified atom stereocenters. The van der Waals surface area contributed by atoms with Crippen LogP contribution in [0.4, 0.5) is 30.2 Å². The summed E-state index contributed by atoms with van der Waals surface area (Å²) in [4.78, 5) is 11.9. The Morgan fingerprint density at radius 1 is 1.18 bits per heavy atom. The fourth-order valence-electron chi connectivity index (χ4n) is 2.57. The summed E-state index contributed by atoms with van der Waals surface area (Å²) in [7, 11) is 1.54. The van der Waals surface area contributed by atoms with Gasteiger partial charge in [-0.15, -0.1) is 0 Å². The molecule has 152 valence electrons. The number of nitrogens with zero attached hydrogens (tertiary/aromatic N) is 2. The maximum absolute atomic E-state index is 12.9. The molecule has 6 nitrogen and oxygen atoms in total. The molecule has 2 aromatic carbocycles. The first kappa shape index (κ1) is 21.5. The molecule has 0 heterocycles. The highest BCUT2D eigenvalue weighted by Gasteiger charge is 2.33. The molecule has 2 rings (SSSR count). The van der Waals surface area contributed by atoms with Crippen molar-refractivity contribution in [2.45, 2.75) is 26.1 Å². The molecule has 0 saturated heterocycles. The average molecular weight is 398 g/mol. The summed E-state index contributed by atoms with van der Waals surface area (Å²) in [5, 5.41) is 11.3. The maximum atomic E-state index is 12.9. The second-order valence-corrected chi connectivity index (χ2v) is 6.10. The number of nitro benzene ring substituents is 1. The van der Waals surface area contributed by atoms with Gasteiger partial charge >= 0.3 is 6.18 Å². The number of nitro groups is 1. The summed E-state index contributed by atoms with van der Waals surface area (Å²) in [6.07, 6.45) is -4.81. The highest BCUT2D eigenvalue weighted by Crippen LogP contribution is 2.38. The Bertz CT molecular complexity index is 810. The molecule has 0 aliphatic heterocycles. The molecular weight excluding hydrogens is 377 g/mol.